The first-order chi connectivity index (χ1) is 7.15. The lowest BCUT2D eigenvalue weighted by atomic mass is 10.3. The molecule has 0 amide bonds. The van der Waals surface area contributed by atoms with E-state index in [9.17, 15) is 9.59 Å². The van der Waals surface area contributed by atoms with Gasteiger partial charge in [0.15, 0.2) is 0 Å². The molecule has 2 heterocycles. The van der Waals surface area contributed by atoms with E-state index in [1.807, 2.05) is 12.3 Å². The molecule has 2 aromatic rings. The summed E-state index contributed by atoms with van der Waals surface area (Å²) in [7, 11) is 0. The van der Waals surface area contributed by atoms with Crippen LogP contribution >= 0.6 is 11.3 Å². The monoisotopic (exact) mass is 222 g/mol. The Hall–Kier alpha value is -1.62. The van der Waals surface area contributed by atoms with E-state index in [0.717, 1.165) is 10.1 Å². The van der Waals surface area contributed by atoms with Crippen LogP contribution in [0.3, 0.4) is 0 Å². The van der Waals surface area contributed by atoms with Crippen molar-refractivity contribution in [2.75, 3.05) is 0 Å². The molecule has 0 atom stereocenters. The third kappa shape index (κ3) is 1.45. The van der Waals surface area contributed by atoms with Crippen LogP contribution in [0.1, 0.15) is 5.56 Å². The molecule has 5 heteroatoms. The molecule has 2 aromatic heterocycles. The number of aromatic amines is 1. The summed E-state index contributed by atoms with van der Waals surface area (Å²) in [6, 6.07) is 0. The van der Waals surface area contributed by atoms with Crippen LogP contribution in [0.4, 0.5) is 0 Å². The lowest BCUT2D eigenvalue weighted by molar-refractivity contribution is 0.729. The molecular formula is C10H10N2O2S. The maximum atomic E-state index is 11.9. The summed E-state index contributed by atoms with van der Waals surface area (Å²) >= 11 is 1.37. The third-order valence-corrected chi connectivity index (χ3v) is 3.22. The smallest absolute Gasteiger partial charge is 0.298 e. The second kappa shape index (κ2) is 3.51. The van der Waals surface area contributed by atoms with Crippen LogP contribution in [0.25, 0.3) is 10.2 Å². The first kappa shape index (κ1) is 9.92. The number of nitrogens with one attached hydrogen (secondary N) is 1. The third-order valence-electron chi connectivity index (χ3n) is 2.21. The molecule has 0 saturated carbocycles. The first-order valence-corrected chi connectivity index (χ1v) is 5.35. The van der Waals surface area contributed by atoms with Crippen LogP contribution in [0.2, 0.25) is 0 Å². The Morgan fingerprint density at radius 3 is 3.00 bits per heavy atom. The fourth-order valence-corrected chi connectivity index (χ4v) is 2.41. The van der Waals surface area contributed by atoms with Crippen molar-refractivity contribution in [2.45, 2.75) is 13.5 Å². The molecular weight excluding hydrogens is 212 g/mol. The fourth-order valence-electron chi connectivity index (χ4n) is 1.49. The zero-order valence-corrected chi connectivity index (χ0v) is 9.06. The molecule has 0 radical (unpaired) electrons. The predicted molar refractivity (Wildman–Crippen MR) is 61.6 cm³/mol. The van der Waals surface area contributed by atoms with E-state index in [1.54, 1.807) is 0 Å². The van der Waals surface area contributed by atoms with Crippen molar-refractivity contribution >= 4 is 21.6 Å². The van der Waals surface area contributed by atoms with Gasteiger partial charge in [-0.2, -0.15) is 0 Å². The summed E-state index contributed by atoms with van der Waals surface area (Å²) in [4.78, 5) is 26.8. The van der Waals surface area contributed by atoms with E-state index in [-0.39, 0.29) is 17.8 Å². The molecule has 4 nitrogen and oxygen atoms in total. The number of aromatic nitrogens is 2. The van der Waals surface area contributed by atoms with Gasteiger partial charge in [0.25, 0.3) is 5.56 Å². The fraction of sp³-hybridized carbons (Fsp3) is 0.200. The van der Waals surface area contributed by atoms with Crippen molar-refractivity contribution in [3.05, 3.63) is 44.4 Å². The topological polar surface area (TPSA) is 54.9 Å². The second-order valence-corrected chi connectivity index (χ2v) is 4.14. The second-order valence-electron chi connectivity index (χ2n) is 3.26. The van der Waals surface area contributed by atoms with E-state index in [0.29, 0.717) is 10.2 Å². The van der Waals surface area contributed by atoms with E-state index in [4.69, 9.17) is 0 Å². The van der Waals surface area contributed by atoms with Gasteiger partial charge in [-0.3, -0.25) is 14.3 Å². The lowest BCUT2D eigenvalue weighted by Gasteiger charge is -2.00. The highest BCUT2D eigenvalue weighted by Gasteiger charge is 2.09. The van der Waals surface area contributed by atoms with Gasteiger partial charge in [-0.25, -0.2) is 4.79 Å². The Morgan fingerprint density at radius 1 is 1.60 bits per heavy atom. The van der Waals surface area contributed by atoms with Crippen molar-refractivity contribution in [1.82, 2.24) is 9.55 Å². The minimum absolute atomic E-state index is 0.236. The Balaban J connectivity index is 2.94. The van der Waals surface area contributed by atoms with Crippen LogP contribution < -0.4 is 11.2 Å². The van der Waals surface area contributed by atoms with Gasteiger partial charge < -0.3 is 0 Å². The van der Waals surface area contributed by atoms with Gasteiger partial charge in [0.2, 0.25) is 0 Å². The van der Waals surface area contributed by atoms with Crippen LogP contribution in [0, 0.1) is 6.92 Å². The number of fused-ring (bicyclic) bond motifs is 1. The average Bonchev–Trinajstić information content (AvgIpc) is 2.54. The summed E-state index contributed by atoms with van der Waals surface area (Å²) in [5.41, 5.74) is 0.274. The first-order valence-electron chi connectivity index (χ1n) is 4.47. The van der Waals surface area contributed by atoms with E-state index >= 15 is 0 Å². The molecule has 0 unspecified atom stereocenters. The number of H-pyrrole nitrogens is 1. The van der Waals surface area contributed by atoms with Crippen molar-refractivity contribution in [2.24, 2.45) is 0 Å². The van der Waals surface area contributed by atoms with Crippen LogP contribution in [0.15, 0.2) is 27.6 Å². The minimum atomic E-state index is -0.380. The standard InChI is InChI=1S/C10H10N2O2S/c1-3-4-12-9(13)7-6(2)5-15-8(7)11-10(12)14/h3,5H,1,4H2,2H3,(H,11,14). The molecule has 78 valence electrons. The highest BCUT2D eigenvalue weighted by molar-refractivity contribution is 7.16. The zero-order valence-electron chi connectivity index (χ0n) is 8.24. The van der Waals surface area contributed by atoms with Crippen LogP contribution in [0.5, 0.6) is 0 Å². The summed E-state index contributed by atoms with van der Waals surface area (Å²) in [5.74, 6) is 0. The number of thiophene rings is 1. The molecule has 0 saturated heterocycles. The summed E-state index contributed by atoms with van der Waals surface area (Å²) in [5, 5.41) is 2.46. The van der Waals surface area contributed by atoms with Crippen molar-refractivity contribution < 1.29 is 0 Å². The van der Waals surface area contributed by atoms with Crippen LogP contribution in [-0.2, 0) is 6.54 Å². The number of allylic oxidation sites excluding steroid dienone is 1. The van der Waals surface area contributed by atoms with Crippen molar-refractivity contribution in [3.8, 4) is 0 Å². The van der Waals surface area contributed by atoms with Gasteiger partial charge in [0.05, 0.1) is 5.39 Å². The van der Waals surface area contributed by atoms with Crippen molar-refractivity contribution in [1.29, 1.82) is 0 Å². The predicted octanol–water partition coefficient (Wildman–Crippen LogP) is 1.25. The van der Waals surface area contributed by atoms with Crippen molar-refractivity contribution in [3.63, 3.8) is 0 Å². The number of nitrogens with zero attached hydrogens (tertiary/aromatic N) is 1. The minimum Gasteiger partial charge on any atom is -0.298 e. The number of hydrogen-bond donors (Lipinski definition) is 1. The van der Waals surface area contributed by atoms with Gasteiger partial charge in [0.1, 0.15) is 4.83 Å². The molecule has 0 bridgehead atoms. The molecule has 2 rings (SSSR count). The summed E-state index contributed by atoms with van der Waals surface area (Å²) in [6.45, 7) is 5.61. The van der Waals surface area contributed by atoms with Gasteiger partial charge in [-0.1, -0.05) is 6.08 Å². The number of aryl methyl sites for hydroxylation is 1. The largest absolute Gasteiger partial charge is 0.329 e. The van der Waals surface area contributed by atoms with E-state index in [1.165, 1.54) is 17.4 Å². The maximum absolute atomic E-state index is 11.9. The quantitative estimate of drug-likeness (QED) is 0.777. The average molecular weight is 222 g/mol. The van der Waals surface area contributed by atoms with Gasteiger partial charge >= 0.3 is 5.69 Å². The Morgan fingerprint density at radius 2 is 2.33 bits per heavy atom. The zero-order chi connectivity index (χ0) is 11.0. The summed E-state index contributed by atoms with van der Waals surface area (Å²) < 4.78 is 1.15. The molecule has 0 aliphatic rings. The highest BCUT2D eigenvalue weighted by atomic mass is 32.1. The Labute approximate surface area is 89.5 Å². The molecule has 0 fully saturated rings. The number of hydrogen-bond acceptors (Lipinski definition) is 3. The molecule has 0 aliphatic heterocycles. The Bertz CT molecular complexity index is 633. The van der Waals surface area contributed by atoms with Gasteiger partial charge in [-0.15, -0.1) is 17.9 Å². The van der Waals surface area contributed by atoms with E-state index < -0.39 is 0 Å². The molecule has 0 aromatic carbocycles. The molecule has 0 aliphatic carbocycles. The van der Waals surface area contributed by atoms with E-state index in [2.05, 4.69) is 11.6 Å². The highest BCUT2D eigenvalue weighted by Crippen LogP contribution is 2.18. The number of rotatable bonds is 2. The molecule has 1 N–H and O–H groups in total. The lowest BCUT2D eigenvalue weighted by Crippen LogP contribution is -2.34. The summed E-state index contributed by atoms with van der Waals surface area (Å²) in [6.07, 6.45) is 1.53. The van der Waals surface area contributed by atoms with Gasteiger partial charge in [-0.05, 0) is 17.9 Å². The molecule has 15 heavy (non-hydrogen) atoms. The molecule has 0 spiro atoms. The Kier molecular flexibility index (Phi) is 2.32. The normalized spacial score (nSPS) is 10.7. The SMILES string of the molecule is C=CCn1c(=O)[nH]c2scc(C)c2c1=O. The maximum Gasteiger partial charge on any atom is 0.329 e. The van der Waals surface area contributed by atoms with Crippen LogP contribution in [-0.4, -0.2) is 9.55 Å². The van der Waals surface area contributed by atoms with Gasteiger partial charge in [0, 0.05) is 6.54 Å².